The number of benzene rings is 3. The molecule has 3 aromatic carbocycles. The summed E-state index contributed by atoms with van der Waals surface area (Å²) < 4.78 is 1.00. The maximum Gasteiger partial charge on any atom is 0.226 e. The number of carbonyl (C=O) groups excluding carboxylic acids is 1. The standard InChI is InChI=1S/C31H23BrN4OS2/c1-20-7-9-21(10-8-20)25-17-27(22-5-3-2-4-6-22)34-30(26(25)18-33)38-16-15-29(37)36-31-35-28(19-39-31)23-11-13-24(32)14-12-23/h2-14,17,19H,15-16H2,1H3,(H,35,36,37). The normalized spacial score (nSPS) is 10.7. The number of hydrogen-bond donors (Lipinski definition) is 1. The number of aromatic nitrogens is 2. The summed E-state index contributed by atoms with van der Waals surface area (Å²) in [6.07, 6.45) is 0.264. The Morgan fingerprint density at radius 1 is 0.949 bits per heavy atom. The lowest BCUT2D eigenvalue weighted by atomic mass is 9.98. The minimum Gasteiger partial charge on any atom is -0.302 e. The fraction of sp³-hybridized carbons (Fsp3) is 0.0968. The average molecular weight is 612 g/mol. The van der Waals surface area contributed by atoms with Gasteiger partial charge in [0.15, 0.2) is 5.13 Å². The number of hydrogen-bond acceptors (Lipinski definition) is 6. The van der Waals surface area contributed by atoms with Crippen molar-refractivity contribution in [2.45, 2.75) is 18.4 Å². The third kappa shape index (κ3) is 6.63. The van der Waals surface area contributed by atoms with Crippen molar-refractivity contribution in [2.24, 2.45) is 0 Å². The number of nitriles is 1. The van der Waals surface area contributed by atoms with Gasteiger partial charge in [0.05, 0.1) is 17.0 Å². The minimum atomic E-state index is -0.129. The molecule has 1 amide bonds. The minimum absolute atomic E-state index is 0.129. The molecular formula is C31H23BrN4OS2. The fourth-order valence-corrected chi connectivity index (χ4v) is 5.90. The molecule has 0 aliphatic rings. The molecule has 0 aliphatic heterocycles. The highest BCUT2D eigenvalue weighted by atomic mass is 79.9. The summed E-state index contributed by atoms with van der Waals surface area (Å²) in [6.45, 7) is 2.04. The quantitative estimate of drug-likeness (QED) is 0.178. The lowest BCUT2D eigenvalue weighted by molar-refractivity contribution is -0.115. The van der Waals surface area contributed by atoms with Crippen LogP contribution in [0.4, 0.5) is 5.13 Å². The van der Waals surface area contributed by atoms with Crippen LogP contribution in [0.15, 0.2) is 99.8 Å². The molecule has 0 saturated heterocycles. The van der Waals surface area contributed by atoms with Crippen LogP contribution in [0.3, 0.4) is 0 Å². The van der Waals surface area contributed by atoms with E-state index in [1.54, 1.807) is 0 Å². The summed E-state index contributed by atoms with van der Waals surface area (Å²) in [7, 11) is 0. The van der Waals surface area contributed by atoms with Crippen LogP contribution < -0.4 is 5.32 Å². The zero-order chi connectivity index (χ0) is 27.2. The Kier molecular flexibility index (Phi) is 8.52. The second-order valence-electron chi connectivity index (χ2n) is 8.77. The van der Waals surface area contributed by atoms with E-state index in [1.807, 2.05) is 97.2 Å². The monoisotopic (exact) mass is 610 g/mol. The molecule has 1 N–H and O–H groups in total. The van der Waals surface area contributed by atoms with Crippen molar-refractivity contribution in [1.29, 1.82) is 5.26 Å². The number of rotatable bonds is 8. The van der Waals surface area contributed by atoms with E-state index in [4.69, 9.17) is 4.98 Å². The van der Waals surface area contributed by atoms with Crippen LogP contribution in [0.2, 0.25) is 0 Å². The first-order valence-electron chi connectivity index (χ1n) is 12.2. The van der Waals surface area contributed by atoms with Crippen LogP contribution in [0.5, 0.6) is 0 Å². The van der Waals surface area contributed by atoms with E-state index in [0.717, 1.165) is 43.7 Å². The van der Waals surface area contributed by atoms with Crippen molar-refractivity contribution in [3.63, 3.8) is 0 Å². The molecule has 0 fully saturated rings. The van der Waals surface area contributed by atoms with E-state index >= 15 is 0 Å². The van der Waals surface area contributed by atoms with Crippen molar-refractivity contribution < 1.29 is 4.79 Å². The second kappa shape index (κ2) is 12.4. The molecule has 39 heavy (non-hydrogen) atoms. The Bertz CT molecular complexity index is 1640. The van der Waals surface area contributed by atoms with E-state index in [9.17, 15) is 10.1 Å². The summed E-state index contributed by atoms with van der Waals surface area (Å²) in [4.78, 5) is 22.1. The molecule has 0 radical (unpaired) electrons. The van der Waals surface area contributed by atoms with Gasteiger partial charge >= 0.3 is 0 Å². The largest absolute Gasteiger partial charge is 0.302 e. The number of thiazole rings is 1. The SMILES string of the molecule is Cc1ccc(-c2cc(-c3ccccc3)nc(SCCC(=O)Nc3nc(-c4ccc(Br)cc4)cs3)c2C#N)cc1. The number of pyridine rings is 1. The van der Waals surface area contributed by atoms with Crippen LogP contribution in [0, 0.1) is 18.3 Å². The van der Waals surface area contributed by atoms with Crippen LogP contribution in [-0.4, -0.2) is 21.6 Å². The Balaban J connectivity index is 1.32. The van der Waals surface area contributed by atoms with Gasteiger partial charge in [0, 0.05) is 38.7 Å². The number of anilines is 1. The van der Waals surface area contributed by atoms with Crippen LogP contribution >= 0.6 is 39.0 Å². The molecule has 0 atom stereocenters. The molecule has 0 unspecified atom stereocenters. The zero-order valence-electron chi connectivity index (χ0n) is 21.0. The molecule has 5 aromatic rings. The number of nitrogens with one attached hydrogen (secondary N) is 1. The number of halogens is 1. The maximum absolute atomic E-state index is 12.7. The topological polar surface area (TPSA) is 78.7 Å². The van der Waals surface area contributed by atoms with Crippen molar-refractivity contribution in [1.82, 2.24) is 9.97 Å². The summed E-state index contributed by atoms with van der Waals surface area (Å²) in [6, 6.07) is 30.3. The van der Waals surface area contributed by atoms with E-state index in [2.05, 4.69) is 32.3 Å². The molecule has 2 aromatic heterocycles. The molecule has 5 rings (SSSR count). The van der Waals surface area contributed by atoms with E-state index in [0.29, 0.717) is 21.5 Å². The predicted molar refractivity (Wildman–Crippen MR) is 164 cm³/mol. The Morgan fingerprint density at radius 3 is 2.36 bits per heavy atom. The van der Waals surface area contributed by atoms with Crippen LogP contribution in [0.1, 0.15) is 17.5 Å². The second-order valence-corrected chi connectivity index (χ2v) is 11.6. The molecule has 5 nitrogen and oxygen atoms in total. The van der Waals surface area contributed by atoms with Crippen molar-refractivity contribution in [3.05, 3.63) is 106 Å². The molecule has 192 valence electrons. The van der Waals surface area contributed by atoms with Gasteiger partial charge in [0.25, 0.3) is 0 Å². The molecule has 0 saturated carbocycles. The van der Waals surface area contributed by atoms with Gasteiger partial charge in [-0.15, -0.1) is 23.1 Å². The summed E-state index contributed by atoms with van der Waals surface area (Å²) in [5, 5.41) is 16.1. The summed E-state index contributed by atoms with van der Waals surface area (Å²) >= 11 is 6.26. The van der Waals surface area contributed by atoms with Crippen molar-refractivity contribution in [3.8, 4) is 39.7 Å². The number of thioether (sulfide) groups is 1. The number of aryl methyl sites for hydroxylation is 1. The third-order valence-corrected chi connectivity index (χ3v) is 8.25. The highest BCUT2D eigenvalue weighted by Gasteiger charge is 2.17. The average Bonchev–Trinajstić information content (AvgIpc) is 3.42. The van der Waals surface area contributed by atoms with Crippen LogP contribution in [0.25, 0.3) is 33.6 Å². The van der Waals surface area contributed by atoms with E-state index in [1.165, 1.54) is 23.1 Å². The van der Waals surface area contributed by atoms with Gasteiger partial charge in [-0.25, -0.2) is 9.97 Å². The number of amides is 1. The molecule has 0 spiro atoms. The highest BCUT2D eigenvalue weighted by molar-refractivity contribution is 9.10. The summed E-state index contributed by atoms with van der Waals surface area (Å²) in [5.74, 6) is 0.347. The molecule has 0 bridgehead atoms. The first-order valence-corrected chi connectivity index (χ1v) is 14.9. The smallest absolute Gasteiger partial charge is 0.226 e. The molecule has 2 heterocycles. The van der Waals surface area contributed by atoms with E-state index < -0.39 is 0 Å². The lowest BCUT2D eigenvalue weighted by Gasteiger charge is -2.13. The fourth-order valence-electron chi connectivity index (χ4n) is 3.96. The van der Waals surface area contributed by atoms with Gasteiger partial charge in [0.2, 0.25) is 5.91 Å². The van der Waals surface area contributed by atoms with Crippen molar-refractivity contribution in [2.75, 3.05) is 11.1 Å². The van der Waals surface area contributed by atoms with Gasteiger partial charge in [0.1, 0.15) is 11.1 Å². The van der Waals surface area contributed by atoms with Gasteiger partial charge in [-0.3, -0.25) is 4.79 Å². The lowest BCUT2D eigenvalue weighted by Crippen LogP contribution is -2.12. The maximum atomic E-state index is 12.7. The number of nitrogens with zero attached hydrogens (tertiary/aromatic N) is 3. The van der Waals surface area contributed by atoms with Gasteiger partial charge in [-0.2, -0.15) is 5.26 Å². The molecule has 0 aliphatic carbocycles. The molecule has 8 heteroatoms. The van der Waals surface area contributed by atoms with Crippen molar-refractivity contribution >= 4 is 50.1 Å². The third-order valence-electron chi connectivity index (χ3n) is 5.99. The number of carbonyl (C=O) groups is 1. The Labute approximate surface area is 244 Å². The Morgan fingerprint density at radius 2 is 1.64 bits per heavy atom. The Hall–Kier alpha value is -3.77. The van der Waals surface area contributed by atoms with Gasteiger partial charge in [-0.1, -0.05) is 88.2 Å². The predicted octanol–water partition coefficient (Wildman–Crippen LogP) is 8.60. The first kappa shape index (κ1) is 26.8. The molecular weight excluding hydrogens is 588 g/mol. The first-order chi connectivity index (χ1) is 19.0. The van der Waals surface area contributed by atoms with Gasteiger partial charge < -0.3 is 5.32 Å². The van der Waals surface area contributed by atoms with Crippen LogP contribution in [-0.2, 0) is 4.79 Å². The summed E-state index contributed by atoms with van der Waals surface area (Å²) in [5.41, 5.74) is 7.04. The van der Waals surface area contributed by atoms with Gasteiger partial charge in [-0.05, 0) is 30.7 Å². The zero-order valence-corrected chi connectivity index (χ0v) is 24.2. The highest BCUT2D eigenvalue weighted by Crippen LogP contribution is 2.34. The van der Waals surface area contributed by atoms with E-state index in [-0.39, 0.29) is 12.3 Å².